The first-order chi connectivity index (χ1) is 14.9. The van der Waals surface area contributed by atoms with Gasteiger partial charge in [0.25, 0.3) is 5.78 Å². The van der Waals surface area contributed by atoms with Crippen LogP contribution in [0.2, 0.25) is 0 Å². The summed E-state index contributed by atoms with van der Waals surface area (Å²) in [7, 11) is 0. The van der Waals surface area contributed by atoms with Crippen LogP contribution in [0.3, 0.4) is 0 Å². The molecule has 0 aliphatic carbocycles. The predicted octanol–water partition coefficient (Wildman–Crippen LogP) is 2.61. The van der Waals surface area contributed by atoms with Crippen molar-refractivity contribution < 1.29 is 18.7 Å². The van der Waals surface area contributed by atoms with Gasteiger partial charge in [-0.25, -0.2) is 19.1 Å². The number of rotatable bonds is 6. The zero-order valence-corrected chi connectivity index (χ0v) is 18.4. The third kappa shape index (κ3) is 4.00. The number of urea groups is 1. The third-order valence-electron chi connectivity index (χ3n) is 5.06. The van der Waals surface area contributed by atoms with E-state index in [0.717, 1.165) is 17.0 Å². The summed E-state index contributed by atoms with van der Waals surface area (Å²) in [4.78, 5) is 33.9. The van der Waals surface area contributed by atoms with Gasteiger partial charge in [0.2, 0.25) is 5.16 Å². The Kier molecular flexibility index (Phi) is 5.68. The molecular weight excluding hydrogens is 420 g/mol. The number of carbonyl (C=O) groups is 2. The SMILES string of the molecule is CCOC(=O)C1=C(CSc2nc3nc(C)c(C)c(C)n3n2)NC(=O)NC1c1ccco1. The molecule has 0 bridgehead atoms. The molecule has 1 aliphatic heterocycles. The van der Waals surface area contributed by atoms with Gasteiger partial charge in [-0.3, -0.25) is 0 Å². The highest BCUT2D eigenvalue weighted by Gasteiger charge is 2.35. The molecule has 11 heteroatoms. The first kappa shape index (κ1) is 20.9. The van der Waals surface area contributed by atoms with Crippen LogP contribution in [0.1, 0.15) is 35.7 Å². The fraction of sp³-hybridized carbons (Fsp3) is 0.350. The Balaban J connectivity index is 1.67. The lowest BCUT2D eigenvalue weighted by molar-refractivity contribution is -0.139. The van der Waals surface area contributed by atoms with E-state index in [0.29, 0.717) is 22.4 Å². The second-order valence-electron chi connectivity index (χ2n) is 6.96. The zero-order chi connectivity index (χ0) is 22.1. The molecule has 1 aliphatic rings. The van der Waals surface area contributed by atoms with Crippen molar-refractivity contribution in [3.8, 4) is 0 Å². The minimum Gasteiger partial charge on any atom is -0.467 e. The molecule has 0 radical (unpaired) electrons. The van der Waals surface area contributed by atoms with Crippen molar-refractivity contribution in [3.05, 3.63) is 52.4 Å². The fourth-order valence-electron chi connectivity index (χ4n) is 3.29. The Morgan fingerprint density at radius 1 is 1.32 bits per heavy atom. The molecule has 4 heterocycles. The van der Waals surface area contributed by atoms with Crippen molar-refractivity contribution in [1.29, 1.82) is 0 Å². The molecule has 10 nitrogen and oxygen atoms in total. The molecule has 0 fully saturated rings. The largest absolute Gasteiger partial charge is 0.467 e. The summed E-state index contributed by atoms with van der Waals surface area (Å²) < 4.78 is 12.4. The van der Waals surface area contributed by atoms with Gasteiger partial charge < -0.3 is 19.8 Å². The molecule has 2 amide bonds. The number of thioether (sulfide) groups is 1. The van der Waals surface area contributed by atoms with E-state index in [1.165, 1.54) is 18.0 Å². The molecule has 4 rings (SSSR count). The molecule has 0 aromatic carbocycles. The summed E-state index contributed by atoms with van der Waals surface area (Å²) >= 11 is 1.29. The van der Waals surface area contributed by atoms with Crippen LogP contribution in [-0.2, 0) is 9.53 Å². The van der Waals surface area contributed by atoms with Crippen LogP contribution in [0, 0.1) is 20.8 Å². The molecule has 2 N–H and O–H groups in total. The van der Waals surface area contributed by atoms with Crippen molar-refractivity contribution in [2.75, 3.05) is 12.4 Å². The number of aryl methyl sites for hydroxylation is 2. The van der Waals surface area contributed by atoms with Gasteiger partial charge in [-0.05, 0) is 45.4 Å². The van der Waals surface area contributed by atoms with Crippen LogP contribution in [-0.4, -0.2) is 43.9 Å². The van der Waals surface area contributed by atoms with Gasteiger partial charge in [-0.1, -0.05) is 11.8 Å². The summed E-state index contributed by atoms with van der Waals surface area (Å²) in [5, 5.41) is 10.4. The van der Waals surface area contributed by atoms with Crippen LogP contribution < -0.4 is 10.6 Å². The number of nitrogens with zero attached hydrogens (tertiary/aromatic N) is 4. The minimum atomic E-state index is -0.748. The monoisotopic (exact) mass is 442 g/mol. The van der Waals surface area contributed by atoms with Crippen LogP contribution in [0.5, 0.6) is 0 Å². The standard InChI is InChI=1S/C20H22N6O4S/c1-5-29-17(27)15-13(22-19(28)23-16(15)14-7-6-8-30-14)9-31-20-24-18-21-11(3)10(2)12(4)26(18)25-20/h6-8,16H,5,9H2,1-4H3,(H2,22,23,28). The smallest absolute Gasteiger partial charge is 0.338 e. The Labute approximate surface area is 182 Å². The van der Waals surface area contributed by atoms with E-state index in [2.05, 4.69) is 25.7 Å². The van der Waals surface area contributed by atoms with E-state index < -0.39 is 18.0 Å². The molecule has 0 saturated carbocycles. The number of esters is 1. The molecule has 1 unspecified atom stereocenters. The lowest BCUT2D eigenvalue weighted by Crippen LogP contribution is -2.46. The average Bonchev–Trinajstić information content (AvgIpc) is 3.40. The minimum absolute atomic E-state index is 0.208. The number of nitrogens with one attached hydrogen (secondary N) is 2. The maximum atomic E-state index is 12.7. The quantitative estimate of drug-likeness (QED) is 0.441. The maximum Gasteiger partial charge on any atom is 0.338 e. The van der Waals surface area contributed by atoms with Gasteiger partial charge in [0.1, 0.15) is 11.8 Å². The van der Waals surface area contributed by atoms with E-state index in [1.54, 1.807) is 23.6 Å². The Morgan fingerprint density at radius 3 is 2.84 bits per heavy atom. The molecule has 3 aromatic rings. The van der Waals surface area contributed by atoms with Gasteiger partial charge in [0.15, 0.2) is 0 Å². The number of carbonyl (C=O) groups excluding carboxylic acids is 2. The van der Waals surface area contributed by atoms with Gasteiger partial charge in [-0.15, -0.1) is 5.10 Å². The summed E-state index contributed by atoms with van der Waals surface area (Å²) in [6.45, 7) is 7.81. The molecular formula is C20H22N6O4S. The van der Waals surface area contributed by atoms with E-state index >= 15 is 0 Å². The van der Waals surface area contributed by atoms with Gasteiger partial charge in [0.05, 0.1) is 18.4 Å². The molecule has 0 spiro atoms. The molecule has 3 aromatic heterocycles. The molecule has 1 atom stereocenters. The van der Waals surface area contributed by atoms with E-state index in [4.69, 9.17) is 9.15 Å². The number of furan rings is 1. The summed E-state index contributed by atoms with van der Waals surface area (Å²) in [5.41, 5.74) is 3.61. The summed E-state index contributed by atoms with van der Waals surface area (Å²) in [6.07, 6.45) is 1.49. The number of fused-ring (bicyclic) bond motifs is 1. The Bertz CT molecular complexity index is 1180. The summed E-state index contributed by atoms with van der Waals surface area (Å²) in [6, 6.07) is 2.21. The van der Waals surface area contributed by atoms with Crippen molar-refractivity contribution in [3.63, 3.8) is 0 Å². The second-order valence-corrected chi connectivity index (χ2v) is 7.90. The lowest BCUT2D eigenvalue weighted by Gasteiger charge is -2.27. The highest BCUT2D eigenvalue weighted by atomic mass is 32.2. The number of aromatic nitrogens is 4. The van der Waals surface area contributed by atoms with Crippen LogP contribution in [0.25, 0.3) is 5.78 Å². The van der Waals surface area contributed by atoms with E-state index in [1.807, 2.05) is 20.8 Å². The topological polar surface area (TPSA) is 124 Å². The number of amides is 2. The molecule has 31 heavy (non-hydrogen) atoms. The lowest BCUT2D eigenvalue weighted by atomic mass is 10.0. The van der Waals surface area contributed by atoms with Crippen molar-refractivity contribution in [1.82, 2.24) is 30.2 Å². The third-order valence-corrected chi connectivity index (χ3v) is 5.93. The van der Waals surface area contributed by atoms with Crippen molar-refractivity contribution in [2.45, 2.75) is 38.9 Å². The Morgan fingerprint density at radius 2 is 2.13 bits per heavy atom. The first-order valence-electron chi connectivity index (χ1n) is 9.73. The molecule has 0 saturated heterocycles. The van der Waals surface area contributed by atoms with Crippen molar-refractivity contribution >= 4 is 29.5 Å². The maximum absolute atomic E-state index is 12.7. The van der Waals surface area contributed by atoms with Gasteiger partial charge in [-0.2, -0.15) is 4.98 Å². The van der Waals surface area contributed by atoms with Crippen LogP contribution in [0.4, 0.5) is 4.79 Å². The van der Waals surface area contributed by atoms with Crippen molar-refractivity contribution in [2.24, 2.45) is 0 Å². The molecule has 162 valence electrons. The second kappa shape index (κ2) is 8.42. The van der Waals surface area contributed by atoms with Gasteiger partial charge in [0, 0.05) is 22.8 Å². The van der Waals surface area contributed by atoms with Gasteiger partial charge >= 0.3 is 12.0 Å². The fourth-order valence-corrected chi connectivity index (χ4v) is 4.07. The highest BCUT2D eigenvalue weighted by Crippen LogP contribution is 2.30. The Hall–Kier alpha value is -3.34. The van der Waals surface area contributed by atoms with E-state index in [9.17, 15) is 9.59 Å². The average molecular weight is 443 g/mol. The zero-order valence-electron chi connectivity index (χ0n) is 17.6. The van der Waals surface area contributed by atoms with Crippen LogP contribution in [0.15, 0.2) is 39.2 Å². The number of hydrogen-bond acceptors (Lipinski definition) is 8. The summed E-state index contributed by atoms with van der Waals surface area (Å²) in [5.74, 6) is 0.674. The van der Waals surface area contributed by atoms with Crippen LogP contribution >= 0.6 is 11.8 Å². The first-order valence-corrected chi connectivity index (χ1v) is 10.7. The highest BCUT2D eigenvalue weighted by molar-refractivity contribution is 7.99. The normalized spacial score (nSPS) is 16.4. The number of hydrogen-bond donors (Lipinski definition) is 2. The number of ether oxygens (including phenoxy) is 1. The van der Waals surface area contributed by atoms with E-state index in [-0.39, 0.29) is 17.9 Å². The predicted molar refractivity (Wildman–Crippen MR) is 112 cm³/mol.